The summed E-state index contributed by atoms with van der Waals surface area (Å²) in [5.41, 5.74) is 5.90. The Morgan fingerprint density at radius 2 is 1.76 bits per heavy atom. The maximum absolute atomic E-state index is 13.4. The second-order valence-electron chi connectivity index (χ2n) is 4.14. The van der Waals surface area contributed by atoms with Crippen LogP contribution in [0.15, 0.2) is 41.3 Å². The lowest BCUT2D eigenvalue weighted by molar-refractivity contribution is -0.113. The number of hydrogen-bond donors (Lipinski definition) is 2. The first kappa shape index (κ1) is 15.2. The van der Waals surface area contributed by atoms with Gasteiger partial charge in [-0.3, -0.25) is 4.79 Å². The van der Waals surface area contributed by atoms with Crippen molar-refractivity contribution in [2.75, 3.05) is 16.8 Å². The summed E-state index contributed by atoms with van der Waals surface area (Å²) in [6, 6.07) is 6.57. The summed E-state index contributed by atoms with van der Waals surface area (Å²) >= 11 is 0.856. The van der Waals surface area contributed by atoms with Gasteiger partial charge in [-0.1, -0.05) is 0 Å². The van der Waals surface area contributed by atoms with Gasteiger partial charge in [0, 0.05) is 4.90 Å². The van der Waals surface area contributed by atoms with Gasteiger partial charge in [0.25, 0.3) is 0 Å². The zero-order valence-electron chi connectivity index (χ0n) is 10.7. The van der Waals surface area contributed by atoms with E-state index in [1.165, 1.54) is 6.07 Å². The topological polar surface area (TPSA) is 55.1 Å². The van der Waals surface area contributed by atoms with E-state index in [-0.39, 0.29) is 22.0 Å². The summed E-state index contributed by atoms with van der Waals surface area (Å²) in [7, 11) is 0. The minimum Gasteiger partial charge on any atom is -0.397 e. The monoisotopic (exact) mass is 312 g/mol. The average molecular weight is 312 g/mol. The van der Waals surface area contributed by atoms with Gasteiger partial charge in [-0.2, -0.15) is 0 Å². The molecule has 0 aliphatic rings. The summed E-state index contributed by atoms with van der Waals surface area (Å²) < 4.78 is 39.2. The molecular formula is C14H11F3N2OS. The molecular weight excluding hydrogens is 301 g/mol. The third kappa shape index (κ3) is 4.16. The molecule has 0 unspecified atom stereocenters. The number of anilines is 2. The van der Waals surface area contributed by atoms with E-state index in [1.807, 2.05) is 0 Å². The van der Waals surface area contributed by atoms with E-state index in [2.05, 4.69) is 5.32 Å². The largest absolute Gasteiger partial charge is 0.397 e. The van der Waals surface area contributed by atoms with E-state index in [0.717, 1.165) is 42.1 Å². The Labute approximate surface area is 123 Å². The highest BCUT2D eigenvalue weighted by Crippen LogP contribution is 2.24. The number of halogens is 3. The molecule has 7 heteroatoms. The molecule has 3 N–H and O–H groups in total. The van der Waals surface area contributed by atoms with Crippen molar-refractivity contribution < 1.29 is 18.0 Å². The molecule has 2 rings (SSSR count). The normalized spacial score (nSPS) is 10.4. The molecule has 0 radical (unpaired) electrons. The third-order valence-electron chi connectivity index (χ3n) is 2.54. The van der Waals surface area contributed by atoms with Gasteiger partial charge < -0.3 is 11.1 Å². The number of hydrogen-bond acceptors (Lipinski definition) is 3. The smallest absolute Gasteiger partial charge is 0.234 e. The average Bonchev–Trinajstić information content (AvgIpc) is 2.43. The summed E-state index contributed by atoms with van der Waals surface area (Å²) in [6.07, 6.45) is 0. The lowest BCUT2D eigenvalue weighted by Crippen LogP contribution is -2.15. The van der Waals surface area contributed by atoms with Crippen LogP contribution in [0, 0.1) is 17.5 Å². The number of benzene rings is 2. The van der Waals surface area contributed by atoms with E-state index >= 15 is 0 Å². The number of thioether (sulfide) groups is 1. The van der Waals surface area contributed by atoms with Crippen molar-refractivity contribution in [3.8, 4) is 0 Å². The van der Waals surface area contributed by atoms with Crippen LogP contribution in [0.4, 0.5) is 24.5 Å². The summed E-state index contributed by atoms with van der Waals surface area (Å²) in [4.78, 5) is 11.8. The fourth-order valence-corrected chi connectivity index (χ4v) is 2.33. The van der Waals surface area contributed by atoms with Crippen molar-refractivity contribution in [2.45, 2.75) is 4.90 Å². The van der Waals surface area contributed by atoms with Crippen LogP contribution in [-0.4, -0.2) is 11.7 Å². The molecule has 0 atom stereocenters. The van der Waals surface area contributed by atoms with Crippen molar-refractivity contribution in [3.05, 3.63) is 53.8 Å². The van der Waals surface area contributed by atoms with Gasteiger partial charge in [0.05, 0.1) is 17.1 Å². The fourth-order valence-electron chi connectivity index (χ4n) is 1.56. The standard InChI is InChI=1S/C14H11F3N2OS/c15-8-2-4-12(11(18)5-8)19-14(20)7-21-13-6-9(16)1-3-10(13)17/h1-6H,7,18H2,(H,19,20). The Morgan fingerprint density at radius 1 is 1.10 bits per heavy atom. The number of carbonyl (C=O) groups excluding carboxylic acids is 1. The highest BCUT2D eigenvalue weighted by atomic mass is 32.2. The Balaban J connectivity index is 1.97. The second-order valence-corrected chi connectivity index (χ2v) is 5.16. The Morgan fingerprint density at radius 3 is 2.48 bits per heavy atom. The van der Waals surface area contributed by atoms with Crippen LogP contribution in [0.5, 0.6) is 0 Å². The van der Waals surface area contributed by atoms with Crippen LogP contribution in [-0.2, 0) is 4.79 Å². The fraction of sp³-hybridized carbons (Fsp3) is 0.0714. The van der Waals surface area contributed by atoms with Gasteiger partial charge in [-0.25, -0.2) is 13.2 Å². The van der Waals surface area contributed by atoms with E-state index in [0.29, 0.717) is 0 Å². The minimum atomic E-state index is -0.601. The van der Waals surface area contributed by atoms with E-state index < -0.39 is 23.4 Å². The molecule has 0 bridgehead atoms. The first-order valence-electron chi connectivity index (χ1n) is 5.88. The molecule has 0 aliphatic carbocycles. The predicted molar refractivity (Wildman–Crippen MR) is 76.5 cm³/mol. The van der Waals surface area contributed by atoms with Gasteiger partial charge in [-0.05, 0) is 36.4 Å². The molecule has 110 valence electrons. The first-order valence-corrected chi connectivity index (χ1v) is 6.87. The molecule has 0 spiro atoms. The molecule has 0 heterocycles. The summed E-state index contributed by atoms with van der Waals surface area (Å²) in [5.74, 6) is -2.28. The zero-order valence-corrected chi connectivity index (χ0v) is 11.5. The van der Waals surface area contributed by atoms with E-state index in [4.69, 9.17) is 5.73 Å². The molecule has 0 saturated carbocycles. The highest BCUT2D eigenvalue weighted by Gasteiger charge is 2.10. The minimum absolute atomic E-state index is 0.0391. The van der Waals surface area contributed by atoms with Crippen molar-refractivity contribution in [1.82, 2.24) is 0 Å². The molecule has 0 aliphatic heterocycles. The van der Waals surface area contributed by atoms with Crippen LogP contribution in [0.1, 0.15) is 0 Å². The first-order chi connectivity index (χ1) is 9.95. The molecule has 0 fully saturated rings. The van der Waals surface area contributed by atoms with Crippen LogP contribution < -0.4 is 11.1 Å². The van der Waals surface area contributed by atoms with Crippen molar-refractivity contribution >= 4 is 29.0 Å². The zero-order chi connectivity index (χ0) is 15.4. The molecule has 1 amide bonds. The van der Waals surface area contributed by atoms with Crippen LogP contribution in [0.3, 0.4) is 0 Å². The lowest BCUT2D eigenvalue weighted by Gasteiger charge is -2.08. The quantitative estimate of drug-likeness (QED) is 0.672. The van der Waals surface area contributed by atoms with Crippen LogP contribution in [0.25, 0.3) is 0 Å². The lowest BCUT2D eigenvalue weighted by atomic mass is 10.2. The number of nitrogens with one attached hydrogen (secondary N) is 1. The highest BCUT2D eigenvalue weighted by molar-refractivity contribution is 8.00. The molecule has 0 saturated heterocycles. The number of carbonyl (C=O) groups is 1. The van der Waals surface area contributed by atoms with Gasteiger partial charge >= 0.3 is 0 Å². The van der Waals surface area contributed by atoms with Crippen LogP contribution >= 0.6 is 11.8 Å². The predicted octanol–water partition coefficient (Wildman–Crippen LogP) is 3.42. The number of rotatable bonds is 4. The Kier molecular flexibility index (Phi) is 4.74. The number of nitrogens with two attached hydrogens (primary N) is 1. The second kappa shape index (κ2) is 6.53. The maximum Gasteiger partial charge on any atom is 0.234 e. The third-order valence-corrected chi connectivity index (χ3v) is 3.57. The summed E-state index contributed by atoms with van der Waals surface area (Å²) in [5, 5.41) is 2.47. The Hall–Kier alpha value is -2.15. The van der Waals surface area contributed by atoms with Gasteiger partial charge in [0.2, 0.25) is 5.91 Å². The van der Waals surface area contributed by atoms with Crippen molar-refractivity contribution in [1.29, 1.82) is 0 Å². The number of nitrogen functional groups attached to an aromatic ring is 1. The molecule has 3 nitrogen and oxygen atoms in total. The van der Waals surface area contributed by atoms with Crippen LogP contribution in [0.2, 0.25) is 0 Å². The molecule has 2 aromatic rings. The molecule has 0 aromatic heterocycles. The van der Waals surface area contributed by atoms with Gasteiger partial charge in [0.1, 0.15) is 17.5 Å². The molecule has 21 heavy (non-hydrogen) atoms. The van der Waals surface area contributed by atoms with Crippen molar-refractivity contribution in [2.24, 2.45) is 0 Å². The van der Waals surface area contributed by atoms with E-state index in [1.54, 1.807) is 0 Å². The van der Waals surface area contributed by atoms with E-state index in [9.17, 15) is 18.0 Å². The van der Waals surface area contributed by atoms with Gasteiger partial charge in [-0.15, -0.1) is 11.8 Å². The van der Waals surface area contributed by atoms with Crippen molar-refractivity contribution in [3.63, 3.8) is 0 Å². The SMILES string of the molecule is Nc1cc(F)ccc1NC(=O)CSc1cc(F)ccc1F. The summed E-state index contributed by atoms with van der Waals surface area (Å²) in [6.45, 7) is 0. The maximum atomic E-state index is 13.4. The molecule has 2 aromatic carbocycles. The Bertz CT molecular complexity index is 679. The van der Waals surface area contributed by atoms with Gasteiger partial charge in [0.15, 0.2) is 0 Å². The number of amides is 1.